The standard InChI is InChI=1S/C20H27N3O4S/c1-14(2)23-18(24)16-9-5-4-8-15(16)17(19(25)21-10-6-7-11-21)20(23)12-22(13-20)28(3,26)27/h4-5,8-9,14,17H,6-7,10-13H2,1-3H3. The second-order valence-corrected chi connectivity index (χ2v) is 10.4. The maximum atomic E-state index is 13.6. The lowest BCUT2D eigenvalue weighted by Gasteiger charge is -2.61. The Kier molecular flexibility index (Phi) is 4.54. The summed E-state index contributed by atoms with van der Waals surface area (Å²) in [6.45, 7) is 5.61. The summed E-state index contributed by atoms with van der Waals surface area (Å²) in [4.78, 5) is 30.6. The fourth-order valence-corrected chi connectivity index (χ4v) is 5.99. The minimum Gasteiger partial charge on any atom is -0.342 e. The fourth-order valence-electron chi connectivity index (χ4n) is 5.07. The van der Waals surface area contributed by atoms with Gasteiger partial charge in [-0.25, -0.2) is 8.42 Å². The summed E-state index contributed by atoms with van der Waals surface area (Å²) in [6, 6.07) is 7.15. The first-order chi connectivity index (χ1) is 13.2. The molecule has 2 amide bonds. The molecule has 1 aromatic carbocycles. The molecule has 152 valence electrons. The Hall–Kier alpha value is -1.93. The van der Waals surface area contributed by atoms with Gasteiger partial charge >= 0.3 is 0 Å². The van der Waals surface area contributed by atoms with E-state index in [4.69, 9.17) is 0 Å². The van der Waals surface area contributed by atoms with Crippen LogP contribution < -0.4 is 0 Å². The van der Waals surface area contributed by atoms with E-state index in [1.807, 2.05) is 36.9 Å². The van der Waals surface area contributed by atoms with Crippen molar-refractivity contribution in [2.45, 2.75) is 44.2 Å². The molecule has 28 heavy (non-hydrogen) atoms. The van der Waals surface area contributed by atoms with Crippen molar-refractivity contribution in [2.24, 2.45) is 0 Å². The highest BCUT2D eigenvalue weighted by atomic mass is 32.2. The highest BCUT2D eigenvalue weighted by Gasteiger charge is 2.63. The van der Waals surface area contributed by atoms with Crippen LogP contribution in [0.5, 0.6) is 0 Å². The number of benzene rings is 1. The molecule has 2 saturated heterocycles. The molecule has 0 radical (unpaired) electrons. The van der Waals surface area contributed by atoms with E-state index in [1.54, 1.807) is 11.0 Å². The number of amides is 2. The van der Waals surface area contributed by atoms with Crippen LogP contribution in [0.3, 0.4) is 0 Å². The Balaban J connectivity index is 1.86. The number of rotatable bonds is 3. The Morgan fingerprint density at radius 3 is 2.32 bits per heavy atom. The van der Waals surface area contributed by atoms with Crippen molar-refractivity contribution < 1.29 is 18.0 Å². The quantitative estimate of drug-likeness (QED) is 0.759. The molecule has 0 saturated carbocycles. The van der Waals surface area contributed by atoms with E-state index in [-0.39, 0.29) is 30.9 Å². The number of likely N-dealkylation sites (tertiary alicyclic amines) is 1. The van der Waals surface area contributed by atoms with Crippen LogP contribution in [-0.4, -0.2) is 78.4 Å². The average Bonchev–Trinajstić information content (AvgIpc) is 3.12. The zero-order chi connectivity index (χ0) is 20.3. The smallest absolute Gasteiger partial charge is 0.254 e. The Labute approximate surface area is 166 Å². The minimum atomic E-state index is -3.38. The SMILES string of the molecule is CC(C)N1C(=O)c2ccccc2C(C(=O)N2CCCC2)C12CN(S(C)(=O)=O)C2. The van der Waals surface area contributed by atoms with Gasteiger partial charge in [0.15, 0.2) is 0 Å². The Morgan fingerprint density at radius 1 is 1.14 bits per heavy atom. The molecule has 3 aliphatic rings. The molecular formula is C20H27N3O4S. The van der Waals surface area contributed by atoms with Crippen LogP contribution in [0.4, 0.5) is 0 Å². The van der Waals surface area contributed by atoms with Crippen LogP contribution >= 0.6 is 0 Å². The van der Waals surface area contributed by atoms with Crippen LogP contribution in [0, 0.1) is 0 Å². The van der Waals surface area contributed by atoms with Gasteiger partial charge in [0.05, 0.1) is 17.7 Å². The normalized spacial score (nSPS) is 24.6. The predicted octanol–water partition coefficient (Wildman–Crippen LogP) is 1.27. The summed E-state index contributed by atoms with van der Waals surface area (Å²) in [5.41, 5.74) is 0.453. The van der Waals surface area contributed by atoms with E-state index >= 15 is 0 Å². The molecule has 0 aliphatic carbocycles. The highest BCUT2D eigenvalue weighted by Crippen LogP contribution is 2.49. The summed E-state index contributed by atoms with van der Waals surface area (Å²) in [7, 11) is -3.38. The predicted molar refractivity (Wildman–Crippen MR) is 105 cm³/mol. The van der Waals surface area contributed by atoms with Crippen molar-refractivity contribution in [1.29, 1.82) is 0 Å². The molecule has 7 nitrogen and oxygen atoms in total. The van der Waals surface area contributed by atoms with E-state index in [2.05, 4.69) is 0 Å². The van der Waals surface area contributed by atoms with Crippen LogP contribution in [0.25, 0.3) is 0 Å². The van der Waals surface area contributed by atoms with Gasteiger partial charge in [0, 0.05) is 37.8 Å². The van der Waals surface area contributed by atoms with Crippen molar-refractivity contribution in [3.05, 3.63) is 35.4 Å². The van der Waals surface area contributed by atoms with Crippen molar-refractivity contribution in [3.8, 4) is 0 Å². The third-order valence-electron chi connectivity index (χ3n) is 6.29. The molecule has 3 aliphatic heterocycles. The van der Waals surface area contributed by atoms with Crippen LogP contribution in [0.1, 0.15) is 48.5 Å². The third-order valence-corrected chi connectivity index (χ3v) is 7.48. The van der Waals surface area contributed by atoms with Gasteiger partial charge < -0.3 is 9.80 Å². The van der Waals surface area contributed by atoms with Gasteiger partial charge in [-0.15, -0.1) is 0 Å². The number of carbonyl (C=O) groups is 2. The monoisotopic (exact) mass is 405 g/mol. The van der Waals surface area contributed by atoms with Gasteiger partial charge in [0.2, 0.25) is 15.9 Å². The van der Waals surface area contributed by atoms with Gasteiger partial charge in [-0.1, -0.05) is 18.2 Å². The lowest BCUT2D eigenvalue weighted by Crippen LogP contribution is -2.78. The lowest BCUT2D eigenvalue weighted by atomic mass is 9.68. The summed E-state index contributed by atoms with van der Waals surface area (Å²) in [5.74, 6) is -0.652. The second kappa shape index (κ2) is 6.56. The number of hydrogen-bond acceptors (Lipinski definition) is 4. The fraction of sp³-hybridized carbons (Fsp3) is 0.600. The number of hydrogen-bond donors (Lipinski definition) is 0. The molecule has 8 heteroatoms. The zero-order valence-corrected chi connectivity index (χ0v) is 17.4. The molecule has 2 fully saturated rings. The Bertz CT molecular complexity index is 915. The lowest BCUT2D eigenvalue weighted by molar-refractivity contribution is -0.140. The molecule has 0 aromatic heterocycles. The summed E-state index contributed by atoms with van der Waals surface area (Å²) >= 11 is 0. The second-order valence-electron chi connectivity index (χ2n) is 8.46. The maximum absolute atomic E-state index is 13.6. The number of nitrogens with zero attached hydrogens (tertiary/aromatic N) is 3. The molecule has 1 aromatic rings. The molecule has 4 rings (SSSR count). The van der Waals surface area contributed by atoms with Crippen molar-refractivity contribution in [2.75, 3.05) is 32.4 Å². The van der Waals surface area contributed by atoms with Crippen LogP contribution in [0.2, 0.25) is 0 Å². The maximum Gasteiger partial charge on any atom is 0.254 e. The first kappa shape index (κ1) is 19.4. The van der Waals surface area contributed by atoms with Gasteiger partial charge in [-0.2, -0.15) is 4.31 Å². The van der Waals surface area contributed by atoms with E-state index in [0.29, 0.717) is 5.56 Å². The topological polar surface area (TPSA) is 78.0 Å². The number of sulfonamides is 1. The van der Waals surface area contributed by atoms with E-state index in [9.17, 15) is 18.0 Å². The van der Waals surface area contributed by atoms with Gasteiger partial charge in [0.1, 0.15) is 0 Å². The molecular weight excluding hydrogens is 378 g/mol. The van der Waals surface area contributed by atoms with Gasteiger partial charge in [-0.05, 0) is 38.3 Å². The van der Waals surface area contributed by atoms with Gasteiger partial charge in [-0.3, -0.25) is 9.59 Å². The first-order valence-electron chi connectivity index (χ1n) is 9.83. The van der Waals surface area contributed by atoms with E-state index in [1.165, 1.54) is 10.6 Å². The van der Waals surface area contributed by atoms with E-state index in [0.717, 1.165) is 31.5 Å². The van der Waals surface area contributed by atoms with Crippen LogP contribution in [0.15, 0.2) is 24.3 Å². The average molecular weight is 406 g/mol. The van der Waals surface area contributed by atoms with Crippen molar-refractivity contribution >= 4 is 21.8 Å². The number of fused-ring (bicyclic) bond motifs is 1. The van der Waals surface area contributed by atoms with Crippen molar-refractivity contribution in [1.82, 2.24) is 14.1 Å². The molecule has 1 spiro atoms. The highest BCUT2D eigenvalue weighted by molar-refractivity contribution is 7.88. The molecule has 1 unspecified atom stereocenters. The molecule has 0 bridgehead atoms. The summed E-state index contributed by atoms with van der Waals surface area (Å²) in [6.07, 6.45) is 3.14. The zero-order valence-electron chi connectivity index (χ0n) is 16.6. The largest absolute Gasteiger partial charge is 0.342 e. The summed E-state index contributed by atoms with van der Waals surface area (Å²) < 4.78 is 25.6. The first-order valence-corrected chi connectivity index (χ1v) is 11.7. The third kappa shape index (κ3) is 2.76. The van der Waals surface area contributed by atoms with Crippen LogP contribution in [-0.2, 0) is 14.8 Å². The minimum absolute atomic E-state index is 0.0104. The summed E-state index contributed by atoms with van der Waals surface area (Å²) in [5, 5.41) is 0. The van der Waals surface area contributed by atoms with Crippen molar-refractivity contribution in [3.63, 3.8) is 0 Å². The van der Waals surface area contributed by atoms with Gasteiger partial charge in [0.25, 0.3) is 5.91 Å². The Morgan fingerprint density at radius 2 is 1.75 bits per heavy atom. The molecule has 1 atom stereocenters. The molecule has 3 heterocycles. The molecule has 0 N–H and O–H groups in total. The van der Waals surface area contributed by atoms with E-state index < -0.39 is 21.5 Å². The number of carbonyl (C=O) groups excluding carboxylic acids is 2.